The van der Waals surface area contributed by atoms with Crippen LogP contribution in [0.2, 0.25) is 0 Å². The third-order valence-corrected chi connectivity index (χ3v) is 5.77. The summed E-state index contributed by atoms with van der Waals surface area (Å²) in [5.74, 6) is 1.02. The summed E-state index contributed by atoms with van der Waals surface area (Å²) in [6, 6.07) is 1.54. The minimum atomic E-state index is 0.301. The van der Waals surface area contributed by atoms with Crippen molar-refractivity contribution in [2.45, 2.75) is 95.2 Å². The van der Waals surface area contributed by atoms with Gasteiger partial charge in [-0.3, -0.25) is 0 Å². The topological polar surface area (TPSA) is 21.3 Å². The molecule has 1 heterocycles. The molecule has 2 aliphatic carbocycles. The van der Waals surface area contributed by atoms with E-state index < -0.39 is 0 Å². The van der Waals surface area contributed by atoms with Crippen molar-refractivity contribution < 1.29 is 4.74 Å². The molecule has 19 heavy (non-hydrogen) atoms. The fourth-order valence-electron chi connectivity index (χ4n) is 4.45. The lowest BCUT2D eigenvalue weighted by Crippen LogP contribution is -2.53. The molecule has 0 aromatic heterocycles. The van der Waals surface area contributed by atoms with Gasteiger partial charge in [-0.2, -0.15) is 0 Å². The van der Waals surface area contributed by atoms with E-state index >= 15 is 0 Å². The zero-order valence-corrected chi connectivity index (χ0v) is 12.6. The quantitative estimate of drug-likeness (QED) is 0.828. The Morgan fingerprint density at radius 1 is 1.05 bits per heavy atom. The van der Waals surface area contributed by atoms with E-state index in [0.29, 0.717) is 5.60 Å². The van der Waals surface area contributed by atoms with Gasteiger partial charge in [0.15, 0.2) is 0 Å². The van der Waals surface area contributed by atoms with Crippen LogP contribution < -0.4 is 5.32 Å². The van der Waals surface area contributed by atoms with Crippen molar-refractivity contribution in [1.29, 1.82) is 0 Å². The molecule has 2 nitrogen and oxygen atoms in total. The van der Waals surface area contributed by atoms with Crippen LogP contribution in [0.25, 0.3) is 0 Å². The highest BCUT2D eigenvalue weighted by atomic mass is 16.5. The number of ether oxygens (including phenoxy) is 1. The first-order valence-electron chi connectivity index (χ1n) is 8.70. The summed E-state index contributed by atoms with van der Waals surface area (Å²) in [5, 5.41) is 3.96. The molecule has 0 radical (unpaired) electrons. The standard InChI is InChI=1S/C17H31NO/c1-2-4-14-5-7-15(8-6-14)18-16-9-12-19-17(13-16)10-3-11-17/h14-16,18H,2-13H2,1H3. The van der Waals surface area contributed by atoms with Gasteiger partial charge in [-0.15, -0.1) is 0 Å². The van der Waals surface area contributed by atoms with Gasteiger partial charge in [0.1, 0.15) is 0 Å². The maximum Gasteiger partial charge on any atom is 0.0697 e. The van der Waals surface area contributed by atoms with Gasteiger partial charge in [0.25, 0.3) is 0 Å². The zero-order valence-electron chi connectivity index (χ0n) is 12.6. The first kappa shape index (κ1) is 13.9. The van der Waals surface area contributed by atoms with Gasteiger partial charge in [0.2, 0.25) is 0 Å². The maximum absolute atomic E-state index is 6.03. The Morgan fingerprint density at radius 3 is 2.47 bits per heavy atom. The van der Waals surface area contributed by atoms with Crippen molar-refractivity contribution in [1.82, 2.24) is 5.32 Å². The molecule has 3 aliphatic rings. The normalized spacial score (nSPS) is 38.1. The van der Waals surface area contributed by atoms with Crippen LogP contribution >= 0.6 is 0 Å². The highest BCUT2D eigenvalue weighted by molar-refractivity contribution is 4.97. The van der Waals surface area contributed by atoms with Crippen LogP contribution in [0, 0.1) is 5.92 Å². The van der Waals surface area contributed by atoms with Crippen molar-refractivity contribution in [2.75, 3.05) is 6.61 Å². The molecule has 0 amide bonds. The van der Waals surface area contributed by atoms with Crippen molar-refractivity contribution in [3.8, 4) is 0 Å². The van der Waals surface area contributed by atoms with E-state index in [9.17, 15) is 0 Å². The van der Waals surface area contributed by atoms with Gasteiger partial charge in [-0.05, 0) is 63.7 Å². The predicted octanol–water partition coefficient (Wildman–Crippen LogP) is 4.04. The third-order valence-electron chi connectivity index (χ3n) is 5.77. The van der Waals surface area contributed by atoms with Gasteiger partial charge >= 0.3 is 0 Å². The molecule has 0 aromatic carbocycles. The third kappa shape index (κ3) is 3.33. The summed E-state index contributed by atoms with van der Waals surface area (Å²) < 4.78 is 6.03. The molecular weight excluding hydrogens is 234 g/mol. The highest BCUT2D eigenvalue weighted by Gasteiger charge is 2.42. The SMILES string of the molecule is CCCC1CCC(NC2CCOC3(CCC3)C2)CC1. The van der Waals surface area contributed by atoms with Crippen molar-refractivity contribution in [3.63, 3.8) is 0 Å². The molecule has 2 saturated carbocycles. The highest BCUT2D eigenvalue weighted by Crippen LogP contribution is 2.42. The molecule has 1 saturated heterocycles. The van der Waals surface area contributed by atoms with E-state index in [1.54, 1.807) is 0 Å². The Kier molecular flexibility index (Phi) is 4.48. The molecule has 1 atom stereocenters. The van der Waals surface area contributed by atoms with E-state index in [1.165, 1.54) is 70.6 Å². The van der Waals surface area contributed by atoms with E-state index in [2.05, 4.69) is 12.2 Å². The van der Waals surface area contributed by atoms with Gasteiger partial charge in [0, 0.05) is 18.7 Å². The molecule has 110 valence electrons. The monoisotopic (exact) mass is 265 g/mol. The average molecular weight is 265 g/mol. The summed E-state index contributed by atoms with van der Waals surface area (Å²) >= 11 is 0. The van der Waals surface area contributed by atoms with Crippen LogP contribution in [0.4, 0.5) is 0 Å². The number of rotatable bonds is 4. The second-order valence-corrected chi connectivity index (χ2v) is 7.25. The molecular formula is C17H31NO. The Hall–Kier alpha value is -0.0800. The smallest absolute Gasteiger partial charge is 0.0697 e. The van der Waals surface area contributed by atoms with Crippen LogP contribution in [0.3, 0.4) is 0 Å². The molecule has 2 heteroatoms. The second-order valence-electron chi connectivity index (χ2n) is 7.25. The molecule has 1 N–H and O–H groups in total. The molecule has 0 aromatic rings. The number of nitrogens with one attached hydrogen (secondary N) is 1. The average Bonchev–Trinajstić information content (AvgIpc) is 2.40. The molecule has 1 aliphatic heterocycles. The molecule has 3 rings (SSSR count). The first-order valence-corrected chi connectivity index (χ1v) is 8.70. The summed E-state index contributed by atoms with van der Waals surface area (Å²) in [5.41, 5.74) is 0.301. The predicted molar refractivity (Wildman–Crippen MR) is 79.3 cm³/mol. The summed E-state index contributed by atoms with van der Waals surface area (Å²) in [7, 11) is 0. The van der Waals surface area contributed by atoms with Crippen molar-refractivity contribution >= 4 is 0 Å². The first-order chi connectivity index (χ1) is 9.30. The van der Waals surface area contributed by atoms with Gasteiger partial charge in [-0.1, -0.05) is 19.8 Å². The Bertz CT molecular complexity index is 279. The minimum Gasteiger partial charge on any atom is -0.375 e. The Labute approximate surface area is 118 Å². The summed E-state index contributed by atoms with van der Waals surface area (Å²) in [6.45, 7) is 3.31. The largest absolute Gasteiger partial charge is 0.375 e. The molecule has 0 bridgehead atoms. The van der Waals surface area contributed by atoms with Crippen molar-refractivity contribution in [2.24, 2.45) is 5.92 Å². The van der Waals surface area contributed by atoms with Crippen molar-refractivity contribution in [3.05, 3.63) is 0 Å². The summed E-state index contributed by atoms with van der Waals surface area (Å²) in [4.78, 5) is 0. The van der Waals surface area contributed by atoms with E-state index in [4.69, 9.17) is 4.74 Å². The van der Waals surface area contributed by atoms with E-state index in [-0.39, 0.29) is 0 Å². The number of hydrogen-bond acceptors (Lipinski definition) is 2. The van der Waals surface area contributed by atoms with Gasteiger partial charge < -0.3 is 10.1 Å². The number of hydrogen-bond donors (Lipinski definition) is 1. The maximum atomic E-state index is 6.03. The summed E-state index contributed by atoms with van der Waals surface area (Å²) in [6.07, 6.45) is 15.1. The molecule has 1 unspecified atom stereocenters. The van der Waals surface area contributed by atoms with E-state index in [0.717, 1.165) is 24.6 Å². The van der Waals surface area contributed by atoms with Gasteiger partial charge in [-0.25, -0.2) is 0 Å². The molecule has 1 spiro atoms. The second kappa shape index (κ2) is 6.13. The van der Waals surface area contributed by atoms with Crippen LogP contribution in [0.1, 0.15) is 77.6 Å². The fraction of sp³-hybridized carbons (Fsp3) is 1.00. The van der Waals surface area contributed by atoms with Gasteiger partial charge in [0.05, 0.1) is 5.60 Å². The van der Waals surface area contributed by atoms with E-state index in [1.807, 2.05) is 0 Å². The van der Waals surface area contributed by atoms with Crippen LogP contribution in [-0.4, -0.2) is 24.3 Å². The Morgan fingerprint density at radius 2 is 1.84 bits per heavy atom. The minimum absolute atomic E-state index is 0.301. The lowest BCUT2D eigenvalue weighted by atomic mass is 9.73. The Balaban J connectivity index is 1.42. The van der Waals surface area contributed by atoms with Crippen LogP contribution in [-0.2, 0) is 4.74 Å². The van der Waals surface area contributed by atoms with Crippen LogP contribution in [0.15, 0.2) is 0 Å². The molecule has 3 fully saturated rings. The zero-order chi connectivity index (χ0) is 13.1. The lowest BCUT2D eigenvalue weighted by Gasteiger charge is -2.48. The lowest BCUT2D eigenvalue weighted by molar-refractivity contribution is -0.136. The fourth-order valence-corrected chi connectivity index (χ4v) is 4.45. The van der Waals surface area contributed by atoms with Crippen LogP contribution in [0.5, 0.6) is 0 Å².